The van der Waals surface area contributed by atoms with Gasteiger partial charge in [0.2, 0.25) is 0 Å². The first-order valence-electron chi connectivity index (χ1n) is 3.05. The number of rotatable bonds is 2. The molecule has 0 bridgehead atoms. The standard InChI is InChI=1S/C7H6O4S/c8-5-6-1-3-7(4-2-6)12(9,10)11/h1-5H,(H,9,10,11)/p-1. The van der Waals surface area contributed by atoms with Gasteiger partial charge in [0.05, 0.1) is 4.90 Å². The van der Waals surface area contributed by atoms with Crippen molar-refractivity contribution in [2.75, 3.05) is 0 Å². The van der Waals surface area contributed by atoms with Crippen molar-refractivity contribution in [3.63, 3.8) is 0 Å². The van der Waals surface area contributed by atoms with Crippen molar-refractivity contribution in [1.29, 1.82) is 0 Å². The van der Waals surface area contributed by atoms with Gasteiger partial charge < -0.3 is 4.55 Å². The van der Waals surface area contributed by atoms with E-state index in [-0.39, 0.29) is 4.90 Å². The Balaban J connectivity index is 3.17. The highest BCUT2D eigenvalue weighted by atomic mass is 32.2. The zero-order valence-electron chi connectivity index (χ0n) is 5.93. The van der Waals surface area contributed by atoms with Gasteiger partial charge in [-0.25, -0.2) is 8.42 Å². The second kappa shape index (κ2) is 3.04. The molecule has 1 aromatic rings. The van der Waals surface area contributed by atoms with Gasteiger partial charge in [-0.2, -0.15) is 0 Å². The summed E-state index contributed by atoms with van der Waals surface area (Å²) in [6, 6.07) is 4.76. The zero-order valence-corrected chi connectivity index (χ0v) is 6.74. The maximum atomic E-state index is 10.4. The molecule has 0 aliphatic heterocycles. The summed E-state index contributed by atoms with van der Waals surface area (Å²) in [5.74, 6) is 0. The predicted octanol–water partition coefficient (Wildman–Crippen LogP) is 0.403. The summed E-state index contributed by atoms with van der Waals surface area (Å²) >= 11 is 0. The first-order chi connectivity index (χ1) is 5.54. The summed E-state index contributed by atoms with van der Waals surface area (Å²) in [7, 11) is -4.39. The number of hydrogen-bond donors (Lipinski definition) is 0. The fourth-order valence-electron chi connectivity index (χ4n) is 0.713. The minimum atomic E-state index is -4.39. The Morgan fingerprint density at radius 1 is 1.17 bits per heavy atom. The minimum absolute atomic E-state index is 0.326. The molecule has 0 unspecified atom stereocenters. The maximum Gasteiger partial charge on any atom is 0.150 e. The van der Waals surface area contributed by atoms with E-state index in [1.165, 1.54) is 12.1 Å². The molecule has 64 valence electrons. The van der Waals surface area contributed by atoms with Crippen molar-refractivity contribution in [1.82, 2.24) is 0 Å². The van der Waals surface area contributed by atoms with E-state index in [0.29, 0.717) is 11.8 Å². The summed E-state index contributed by atoms with van der Waals surface area (Å²) in [6.07, 6.45) is 0.571. The van der Waals surface area contributed by atoms with Gasteiger partial charge in [0, 0.05) is 5.56 Å². The third kappa shape index (κ3) is 1.90. The van der Waals surface area contributed by atoms with Crippen LogP contribution in [0.4, 0.5) is 0 Å². The molecule has 0 N–H and O–H groups in total. The molecule has 0 radical (unpaired) electrons. The monoisotopic (exact) mass is 185 g/mol. The summed E-state index contributed by atoms with van der Waals surface area (Å²) in [5.41, 5.74) is 0.336. The second-order valence-corrected chi connectivity index (χ2v) is 3.52. The van der Waals surface area contributed by atoms with E-state index < -0.39 is 10.1 Å². The molecule has 0 amide bonds. The molecular formula is C7H5O4S-. The largest absolute Gasteiger partial charge is 0.744 e. The summed E-state index contributed by atoms with van der Waals surface area (Å²) < 4.78 is 31.2. The Kier molecular flexibility index (Phi) is 2.25. The fraction of sp³-hybridized carbons (Fsp3) is 0. The normalized spacial score (nSPS) is 11.1. The van der Waals surface area contributed by atoms with E-state index in [2.05, 4.69) is 0 Å². The van der Waals surface area contributed by atoms with Crippen molar-refractivity contribution >= 4 is 16.4 Å². The molecule has 0 fully saturated rings. The van der Waals surface area contributed by atoms with Crippen LogP contribution in [0.25, 0.3) is 0 Å². The Bertz CT molecular complexity index is 376. The highest BCUT2D eigenvalue weighted by Gasteiger charge is 1.99. The minimum Gasteiger partial charge on any atom is -0.744 e. The van der Waals surface area contributed by atoms with Crippen LogP contribution in [0.1, 0.15) is 10.4 Å². The Labute approximate surface area is 69.6 Å². The molecule has 4 nitrogen and oxygen atoms in total. The van der Waals surface area contributed by atoms with Crippen LogP contribution in [0.5, 0.6) is 0 Å². The summed E-state index contributed by atoms with van der Waals surface area (Å²) in [6.45, 7) is 0. The smallest absolute Gasteiger partial charge is 0.150 e. The van der Waals surface area contributed by atoms with E-state index in [0.717, 1.165) is 12.1 Å². The van der Waals surface area contributed by atoms with Crippen molar-refractivity contribution in [3.8, 4) is 0 Å². The van der Waals surface area contributed by atoms with E-state index in [1.54, 1.807) is 0 Å². The SMILES string of the molecule is O=Cc1ccc(S(=O)(=O)[O-])cc1. The molecule has 5 heteroatoms. The van der Waals surface area contributed by atoms with E-state index >= 15 is 0 Å². The molecule has 0 heterocycles. The zero-order chi connectivity index (χ0) is 9.19. The van der Waals surface area contributed by atoms with Crippen LogP contribution < -0.4 is 0 Å². The van der Waals surface area contributed by atoms with Gasteiger partial charge in [0.1, 0.15) is 16.4 Å². The van der Waals surface area contributed by atoms with Crippen molar-refractivity contribution < 1.29 is 17.8 Å². The molecule has 1 aromatic carbocycles. The molecule has 12 heavy (non-hydrogen) atoms. The molecule has 0 spiro atoms. The van der Waals surface area contributed by atoms with Gasteiger partial charge in [0.15, 0.2) is 0 Å². The number of carbonyl (C=O) groups excluding carboxylic acids is 1. The first-order valence-corrected chi connectivity index (χ1v) is 4.46. The molecule has 0 atom stereocenters. The van der Waals surface area contributed by atoms with Gasteiger partial charge in [-0.05, 0) is 12.1 Å². The van der Waals surface area contributed by atoms with Gasteiger partial charge >= 0.3 is 0 Å². The van der Waals surface area contributed by atoms with Crippen LogP contribution in [0.2, 0.25) is 0 Å². The predicted molar refractivity (Wildman–Crippen MR) is 39.8 cm³/mol. The lowest BCUT2D eigenvalue weighted by atomic mass is 10.2. The van der Waals surface area contributed by atoms with Crippen LogP contribution in [0.3, 0.4) is 0 Å². The van der Waals surface area contributed by atoms with Crippen LogP contribution in [0.15, 0.2) is 29.2 Å². The summed E-state index contributed by atoms with van der Waals surface area (Å²) in [4.78, 5) is 9.81. The Morgan fingerprint density at radius 2 is 1.67 bits per heavy atom. The van der Waals surface area contributed by atoms with Gasteiger partial charge in [0.25, 0.3) is 0 Å². The van der Waals surface area contributed by atoms with Gasteiger partial charge in [-0.3, -0.25) is 4.79 Å². The lowest BCUT2D eigenvalue weighted by Crippen LogP contribution is -1.98. The van der Waals surface area contributed by atoms with Crippen LogP contribution >= 0.6 is 0 Å². The number of hydrogen-bond acceptors (Lipinski definition) is 4. The van der Waals surface area contributed by atoms with Gasteiger partial charge in [-0.15, -0.1) is 0 Å². The van der Waals surface area contributed by atoms with E-state index in [9.17, 15) is 17.8 Å². The fourth-order valence-corrected chi connectivity index (χ4v) is 1.18. The van der Waals surface area contributed by atoms with Crippen molar-refractivity contribution in [2.24, 2.45) is 0 Å². The van der Waals surface area contributed by atoms with Crippen LogP contribution in [-0.4, -0.2) is 19.3 Å². The quantitative estimate of drug-likeness (QED) is 0.493. The molecule has 0 saturated carbocycles. The average molecular weight is 185 g/mol. The van der Waals surface area contributed by atoms with E-state index in [1.807, 2.05) is 0 Å². The lowest BCUT2D eigenvalue weighted by Gasteiger charge is -2.05. The average Bonchev–Trinajstić information content (AvgIpc) is 2.03. The number of benzene rings is 1. The second-order valence-electron chi connectivity index (χ2n) is 2.14. The molecule has 0 aromatic heterocycles. The first kappa shape index (κ1) is 8.89. The molecule has 0 aliphatic carbocycles. The molecule has 0 aliphatic rings. The Morgan fingerprint density at radius 3 is 2.00 bits per heavy atom. The van der Waals surface area contributed by atoms with Crippen LogP contribution in [-0.2, 0) is 10.1 Å². The third-order valence-electron chi connectivity index (χ3n) is 1.30. The number of carbonyl (C=O) groups is 1. The Hall–Kier alpha value is -1.20. The third-order valence-corrected chi connectivity index (χ3v) is 2.15. The van der Waals surface area contributed by atoms with E-state index in [4.69, 9.17) is 0 Å². The maximum absolute atomic E-state index is 10.4. The molecule has 1 rings (SSSR count). The highest BCUT2D eigenvalue weighted by molar-refractivity contribution is 7.85. The molecular weight excluding hydrogens is 180 g/mol. The lowest BCUT2D eigenvalue weighted by molar-refractivity contribution is 0.112. The van der Waals surface area contributed by atoms with Gasteiger partial charge in [-0.1, -0.05) is 12.1 Å². The number of aldehydes is 1. The highest BCUT2D eigenvalue weighted by Crippen LogP contribution is 2.08. The summed E-state index contributed by atoms with van der Waals surface area (Å²) in [5, 5.41) is 0. The van der Waals surface area contributed by atoms with Crippen LogP contribution in [0, 0.1) is 0 Å². The van der Waals surface area contributed by atoms with Crippen molar-refractivity contribution in [2.45, 2.75) is 4.90 Å². The molecule has 0 saturated heterocycles. The topological polar surface area (TPSA) is 74.3 Å². The van der Waals surface area contributed by atoms with Crippen molar-refractivity contribution in [3.05, 3.63) is 29.8 Å².